The molecule has 1 heterocycles. The number of halogens is 2. The lowest BCUT2D eigenvalue weighted by Crippen LogP contribution is -2.48. The van der Waals surface area contributed by atoms with Crippen LogP contribution in [0.15, 0.2) is 17.7 Å². The van der Waals surface area contributed by atoms with E-state index in [4.69, 9.17) is 27.9 Å². The first-order valence-corrected chi connectivity index (χ1v) is 8.87. The fourth-order valence-corrected chi connectivity index (χ4v) is 3.79. The Labute approximate surface area is 160 Å². The summed E-state index contributed by atoms with van der Waals surface area (Å²) in [6, 6.07) is 3.03. The van der Waals surface area contributed by atoms with Crippen LogP contribution in [0.2, 0.25) is 10.0 Å². The molecule has 1 aliphatic carbocycles. The maximum absolute atomic E-state index is 13.3. The fourth-order valence-electron chi connectivity index (χ4n) is 3.46. The van der Waals surface area contributed by atoms with Crippen molar-refractivity contribution in [2.75, 3.05) is 19.8 Å². The highest BCUT2D eigenvalue weighted by molar-refractivity contribution is 6.42. The average molecular weight is 398 g/mol. The van der Waals surface area contributed by atoms with Gasteiger partial charge < -0.3 is 15.2 Å². The number of ketones is 2. The Bertz CT molecular complexity index is 840. The van der Waals surface area contributed by atoms with Crippen molar-refractivity contribution in [1.29, 1.82) is 0 Å². The molecule has 2 N–H and O–H groups in total. The molecule has 0 bridgehead atoms. The second kappa shape index (κ2) is 7.02. The second-order valence-corrected chi connectivity index (χ2v) is 7.26. The summed E-state index contributed by atoms with van der Waals surface area (Å²) >= 11 is 12.2. The number of hydrogen-bond donors (Lipinski definition) is 2. The number of aliphatic hydroxyl groups excluding tert-OH is 1. The van der Waals surface area contributed by atoms with Gasteiger partial charge in [-0.1, -0.05) is 23.2 Å². The SMILES string of the molecule is CC(=O)CNC(=O)C1=C(O)c2cc(Cl)c(Cl)cc2C2(CCOCC2)C1=O. The summed E-state index contributed by atoms with van der Waals surface area (Å²) in [4.78, 5) is 36.9. The number of rotatable bonds is 3. The Hall–Kier alpha value is -1.89. The summed E-state index contributed by atoms with van der Waals surface area (Å²) in [6.45, 7) is 1.77. The normalized spacial score (nSPS) is 18.7. The van der Waals surface area contributed by atoms with Crippen LogP contribution in [0.1, 0.15) is 30.9 Å². The summed E-state index contributed by atoms with van der Waals surface area (Å²) in [5, 5.41) is 13.5. The summed E-state index contributed by atoms with van der Waals surface area (Å²) in [6.07, 6.45) is 0.709. The molecule has 0 saturated carbocycles. The molecule has 1 amide bonds. The zero-order valence-corrected chi connectivity index (χ0v) is 15.5. The van der Waals surface area contributed by atoms with E-state index in [1.807, 2.05) is 0 Å². The molecule has 0 radical (unpaired) electrons. The molecule has 0 atom stereocenters. The minimum Gasteiger partial charge on any atom is -0.506 e. The van der Waals surface area contributed by atoms with Crippen LogP contribution >= 0.6 is 23.2 Å². The van der Waals surface area contributed by atoms with Gasteiger partial charge in [-0.15, -0.1) is 0 Å². The van der Waals surface area contributed by atoms with Gasteiger partial charge in [-0.05, 0) is 37.5 Å². The van der Waals surface area contributed by atoms with Crippen molar-refractivity contribution < 1.29 is 24.2 Å². The van der Waals surface area contributed by atoms with E-state index in [2.05, 4.69) is 5.32 Å². The molecule has 1 aromatic rings. The van der Waals surface area contributed by atoms with Crippen LogP contribution in [0.25, 0.3) is 5.76 Å². The molecule has 6 nitrogen and oxygen atoms in total. The molecule has 1 aliphatic heterocycles. The lowest BCUT2D eigenvalue weighted by Gasteiger charge is -2.40. The predicted molar refractivity (Wildman–Crippen MR) is 96.4 cm³/mol. The number of benzene rings is 1. The molecular formula is C18H17Cl2NO5. The Morgan fingerprint density at radius 2 is 1.85 bits per heavy atom. The number of nitrogens with one attached hydrogen (secondary N) is 1. The monoisotopic (exact) mass is 397 g/mol. The standard InChI is InChI=1S/C18H17Cl2NO5/c1-9(22)8-21-17(25)14-15(23)10-6-12(19)13(20)7-11(10)18(16(14)24)2-4-26-5-3-18/h6-7,23H,2-5,8H2,1H3,(H,21,25). The highest BCUT2D eigenvalue weighted by Gasteiger charge is 2.50. The molecular weight excluding hydrogens is 381 g/mol. The van der Waals surface area contributed by atoms with Crippen molar-refractivity contribution in [1.82, 2.24) is 5.32 Å². The summed E-state index contributed by atoms with van der Waals surface area (Å²) < 4.78 is 5.38. The first kappa shape index (κ1) is 18.9. The van der Waals surface area contributed by atoms with E-state index in [0.29, 0.717) is 37.2 Å². The lowest BCUT2D eigenvalue weighted by atomic mass is 9.64. The smallest absolute Gasteiger partial charge is 0.259 e. The molecule has 1 saturated heterocycles. The molecule has 26 heavy (non-hydrogen) atoms. The Morgan fingerprint density at radius 1 is 1.23 bits per heavy atom. The molecule has 1 fully saturated rings. The third-order valence-corrected chi connectivity index (χ3v) is 5.52. The highest BCUT2D eigenvalue weighted by atomic mass is 35.5. The van der Waals surface area contributed by atoms with E-state index < -0.39 is 22.9 Å². The Balaban J connectivity index is 2.18. The fraction of sp³-hybridized carbons (Fsp3) is 0.389. The topological polar surface area (TPSA) is 92.7 Å². The minimum absolute atomic E-state index is 0.206. The third-order valence-electron chi connectivity index (χ3n) is 4.80. The lowest BCUT2D eigenvalue weighted by molar-refractivity contribution is -0.129. The Kier molecular flexibility index (Phi) is 5.10. The van der Waals surface area contributed by atoms with Crippen molar-refractivity contribution in [3.8, 4) is 0 Å². The third kappa shape index (κ3) is 3.02. The number of fused-ring (bicyclic) bond motifs is 2. The van der Waals surface area contributed by atoms with E-state index in [0.717, 1.165) is 0 Å². The minimum atomic E-state index is -1.02. The number of hydrogen-bond acceptors (Lipinski definition) is 5. The Morgan fingerprint density at radius 3 is 2.46 bits per heavy atom. The number of carbonyl (C=O) groups is 3. The number of aliphatic hydroxyl groups is 1. The van der Waals surface area contributed by atoms with Crippen LogP contribution < -0.4 is 5.32 Å². The summed E-state index contributed by atoms with van der Waals surface area (Å²) in [7, 11) is 0. The van der Waals surface area contributed by atoms with Crippen molar-refractivity contribution in [3.63, 3.8) is 0 Å². The second-order valence-electron chi connectivity index (χ2n) is 6.44. The molecule has 138 valence electrons. The highest BCUT2D eigenvalue weighted by Crippen LogP contribution is 2.47. The van der Waals surface area contributed by atoms with Gasteiger partial charge in [0.15, 0.2) is 5.78 Å². The molecule has 3 rings (SSSR count). The van der Waals surface area contributed by atoms with Crippen LogP contribution in [-0.2, 0) is 24.5 Å². The zero-order chi connectivity index (χ0) is 19.1. The molecule has 0 aromatic heterocycles. The van der Waals surface area contributed by atoms with Crippen LogP contribution in [0, 0.1) is 0 Å². The maximum atomic E-state index is 13.3. The predicted octanol–water partition coefficient (Wildman–Crippen LogP) is 2.60. The van der Waals surface area contributed by atoms with Gasteiger partial charge in [-0.25, -0.2) is 0 Å². The maximum Gasteiger partial charge on any atom is 0.259 e. The van der Waals surface area contributed by atoms with Gasteiger partial charge in [0, 0.05) is 18.8 Å². The van der Waals surface area contributed by atoms with Crippen LogP contribution in [-0.4, -0.2) is 42.3 Å². The number of ether oxygens (including phenoxy) is 1. The van der Waals surface area contributed by atoms with Gasteiger partial charge in [-0.3, -0.25) is 14.4 Å². The van der Waals surface area contributed by atoms with E-state index in [1.165, 1.54) is 13.0 Å². The van der Waals surface area contributed by atoms with E-state index in [1.54, 1.807) is 6.07 Å². The van der Waals surface area contributed by atoms with Crippen LogP contribution in [0.5, 0.6) is 0 Å². The number of amides is 1. The molecule has 1 spiro atoms. The van der Waals surface area contributed by atoms with Gasteiger partial charge in [0.25, 0.3) is 5.91 Å². The van der Waals surface area contributed by atoms with Crippen LogP contribution in [0.4, 0.5) is 0 Å². The van der Waals surface area contributed by atoms with E-state index in [9.17, 15) is 19.5 Å². The van der Waals surface area contributed by atoms with Crippen molar-refractivity contribution in [2.45, 2.75) is 25.2 Å². The largest absolute Gasteiger partial charge is 0.506 e. The molecule has 1 aromatic carbocycles. The van der Waals surface area contributed by atoms with Gasteiger partial charge in [0.05, 0.1) is 22.0 Å². The van der Waals surface area contributed by atoms with Gasteiger partial charge >= 0.3 is 0 Å². The molecule has 8 heteroatoms. The summed E-state index contributed by atoms with van der Waals surface area (Å²) in [5.74, 6) is -2.00. The number of Topliss-reactive ketones (excluding diaryl/α,β-unsaturated/α-hetero) is 2. The first-order valence-electron chi connectivity index (χ1n) is 8.11. The quantitative estimate of drug-likeness (QED) is 0.764. The van der Waals surface area contributed by atoms with E-state index in [-0.39, 0.29) is 27.9 Å². The average Bonchev–Trinajstić information content (AvgIpc) is 2.61. The molecule has 0 unspecified atom stereocenters. The number of carbonyl (C=O) groups excluding carboxylic acids is 3. The van der Waals surface area contributed by atoms with Gasteiger partial charge in [-0.2, -0.15) is 0 Å². The van der Waals surface area contributed by atoms with Crippen LogP contribution in [0.3, 0.4) is 0 Å². The summed E-state index contributed by atoms with van der Waals surface area (Å²) in [5.41, 5.74) is -0.537. The first-order chi connectivity index (χ1) is 12.3. The van der Waals surface area contributed by atoms with Crippen molar-refractivity contribution >= 4 is 46.4 Å². The van der Waals surface area contributed by atoms with Gasteiger partial charge in [0.2, 0.25) is 0 Å². The molecule has 2 aliphatic rings. The zero-order valence-electron chi connectivity index (χ0n) is 14.0. The van der Waals surface area contributed by atoms with E-state index >= 15 is 0 Å². The van der Waals surface area contributed by atoms with Gasteiger partial charge in [0.1, 0.15) is 17.1 Å². The van der Waals surface area contributed by atoms with Crippen molar-refractivity contribution in [2.24, 2.45) is 0 Å². The van der Waals surface area contributed by atoms with Crippen molar-refractivity contribution in [3.05, 3.63) is 38.9 Å².